The Morgan fingerprint density at radius 2 is 2.14 bits per heavy atom. The first kappa shape index (κ1) is 18.6. The van der Waals surface area contributed by atoms with E-state index in [0.717, 1.165) is 42.9 Å². The van der Waals surface area contributed by atoms with Crippen molar-refractivity contribution in [3.8, 4) is 0 Å². The number of rotatable bonds is 3. The molecule has 1 aromatic carbocycles. The molecule has 0 radical (unpaired) electrons. The van der Waals surface area contributed by atoms with Gasteiger partial charge in [0.05, 0.1) is 24.3 Å². The number of carbonyl (C=O) groups excluding carboxylic acids is 2. The van der Waals surface area contributed by atoms with Crippen molar-refractivity contribution in [2.24, 2.45) is 16.3 Å². The van der Waals surface area contributed by atoms with Gasteiger partial charge in [-0.05, 0) is 31.4 Å². The van der Waals surface area contributed by atoms with Gasteiger partial charge in [-0.15, -0.1) is 0 Å². The van der Waals surface area contributed by atoms with Gasteiger partial charge < -0.3 is 9.47 Å². The van der Waals surface area contributed by atoms with Gasteiger partial charge in [-0.25, -0.2) is 0 Å². The van der Waals surface area contributed by atoms with Crippen LogP contribution in [0.3, 0.4) is 0 Å². The van der Waals surface area contributed by atoms with E-state index >= 15 is 0 Å². The van der Waals surface area contributed by atoms with Gasteiger partial charge in [-0.1, -0.05) is 29.8 Å². The normalized spacial score (nSPS) is 35.7. The number of fused-ring (bicyclic) bond motifs is 2. The minimum atomic E-state index is -1.01. The van der Waals surface area contributed by atoms with Crippen LogP contribution in [0.15, 0.2) is 40.9 Å². The molecule has 4 unspecified atom stereocenters. The van der Waals surface area contributed by atoms with Gasteiger partial charge in [-0.2, -0.15) is 0 Å². The zero-order chi connectivity index (χ0) is 20.4. The quantitative estimate of drug-likeness (QED) is 0.583. The van der Waals surface area contributed by atoms with Crippen LogP contribution >= 0.6 is 0 Å². The molecule has 1 saturated carbocycles. The molecule has 6 heteroatoms. The highest BCUT2D eigenvalue weighted by atomic mass is 16.5. The van der Waals surface area contributed by atoms with Gasteiger partial charge in [0.1, 0.15) is 12.0 Å². The first-order chi connectivity index (χ1) is 14.0. The van der Waals surface area contributed by atoms with Crippen LogP contribution in [0.25, 0.3) is 0 Å². The van der Waals surface area contributed by atoms with Crippen molar-refractivity contribution in [1.29, 1.82) is 0 Å². The third-order valence-electron chi connectivity index (χ3n) is 7.64. The Balaban J connectivity index is 1.83. The lowest BCUT2D eigenvalue weighted by molar-refractivity contribution is -0.176. The van der Waals surface area contributed by atoms with Gasteiger partial charge in [-0.3, -0.25) is 19.5 Å². The molecular weight excluding hydrogens is 368 g/mol. The standard InChI is InChI=1S/C23H26N2O4/c1-4-15-12-25-10-9-22-16-7-5-6-8-18(16)24-20(22)19(25)11-17(15)23(22,21(27)28-3)13-29-14(2)26/h4-8,17,19H,9-13H2,1-3H3/b15-4+. The Morgan fingerprint density at radius 3 is 2.86 bits per heavy atom. The maximum absolute atomic E-state index is 13.7. The Kier molecular flexibility index (Phi) is 4.01. The number of esters is 2. The summed E-state index contributed by atoms with van der Waals surface area (Å²) in [5.74, 6) is -0.737. The maximum Gasteiger partial charge on any atom is 0.317 e. The van der Waals surface area contributed by atoms with E-state index in [1.54, 1.807) is 0 Å². The van der Waals surface area contributed by atoms with Gasteiger partial charge in [0.25, 0.3) is 0 Å². The minimum absolute atomic E-state index is 0.0110. The Labute approximate surface area is 170 Å². The van der Waals surface area contributed by atoms with Crippen molar-refractivity contribution in [2.45, 2.75) is 38.1 Å². The van der Waals surface area contributed by atoms with Gasteiger partial charge in [0.2, 0.25) is 0 Å². The second kappa shape index (κ2) is 6.26. The number of benzene rings is 1. The van der Waals surface area contributed by atoms with Crippen LogP contribution in [0.5, 0.6) is 0 Å². The van der Waals surface area contributed by atoms with Crippen molar-refractivity contribution in [2.75, 3.05) is 26.8 Å². The molecule has 0 spiro atoms. The summed E-state index contributed by atoms with van der Waals surface area (Å²) >= 11 is 0. The van der Waals surface area contributed by atoms with Crippen molar-refractivity contribution >= 4 is 23.3 Å². The van der Waals surface area contributed by atoms with E-state index < -0.39 is 10.8 Å². The van der Waals surface area contributed by atoms with E-state index in [-0.39, 0.29) is 30.5 Å². The first-order valence-corrected chi connectivity index (χ1v) is 10.3. The first-order valence-electron chi connectivity index (χ1n) is 10.3. The Morgan fingerprint density at radius 1 is 1.34 bits per heavy atom. The largest absolute Gasteiger partial charge is 0.468 e. The topological polar surface area (TPSA) is 68.2 Å². The monoisotopic (exact) mass is 394 g/mol. The van der Waals surface area contributed by atoms with Crippen LogP contribution in [0.4, 0.5) is 5.69 Å². The Hall–Kier alpha value is -2.47. The van der Waals surface area contributed by atoms with Crippen LogP contribution in [-0.2, 0) is 24.5 Å². The number of allylic oxidation sites excluding steroid dienone is 1. The number of methoxy groups -OCH3 is 1. The number of carbonyl (C=O) groups is 2. The summed E-state index contributed by atoms with van der Waals surface area (Å²) in [7, 11) is 1.44. The SMILES string of the molecule is C/C=C1\CN2CCC34C(=Nc5ccccc53)C2CC1C4(COC(C)=O)C(=O)OC. The average molecular weight is 394 g/mol. The molecule has 0 N–H and O–H groups in total. The lowest BCUT2D eigenvalue weighted by atomic mass is 9.43. The molecular formula is C23H26N2O4. The van der Waals surface area contributed by atoms with Crippen LogP contribution in [-0.4, -0.2) is 55.4 Å². The molecule has 1 aromatic rings. The predicted molar refractivity (Wildman–Crippen MR) is 108 cm³/mol. The van der Waals surface area contributed by atoms with E-state index in [1.165, 1.54) is 19.6 Å². The summed E-state index contributed by atoms with van der Waals surface area (Å²) in [6, 6.07) is 8.31. The van der Waals surface area contributed by atoms with Crippen molar-refractivity contribution in [3.05, 3.63) is 41.5 Å². The van der Waals surface area contributed by atoms with Crippen LogP contribution < -0.4 is 0 Å². The summed E-state index contributed by atoms with van der Waals surface area (Å²) < 4.78 is 11.1. The van der Waals surface area contributed by atoms with Gasteiger partial charge in [0.15, 0.2) is 0 Å². The number of nitrogens with zero attached hydrogens (tertiary/aromatic N) is 2. The fourth-order valence-electron chi connectivity index (χ4n) is 6.52. The zero-order valence-electron chi connectivity index (χ0n) is 17.1. The number of hydrogen-bond acceptors (Lipinski definition) is 6. The fourth-order valence-corrected chi connectivity index (χ4v) is 6.52. The lowest BCUT2D eigenvalue weighted by Gasteiger charge is -2.64. The molecule has 4 atom stereocenters. The second-order valence-electron chi connectivity index (χ2n) is 8.55. The van der Waals surface area contributed by atoms with Crippen LogP contribution in [0.2, 0.25) is 0 Å². The third kappa shape index (κ3) is 2.13. The smallest absolute Gasteiger partial charge is 0.317 e. The summed E-state index contributed by atoms with van der Waals surface area (Å²) in [6.07, 6.45) is 3.69. The molecule has 3 bridgehead atoms. The molecule has 0 amide bonds. The number of hydrogen-bond donors (Lipinski definition) is 0. The Bertz CT molecular complexity index is 967. The highest BCUT2D eigenvalue weighted by Crippen LogP contribution is 2.66. The molecule has 3 fully saturated rings. The summed E-state index contributed by atoms with van der Waals surface area (Å²) in [5, 5.41) is 0. The molecule has 6 nitrogen and oxygen atoms in total. The average Bonchev–Trinajstić information content (AvgIpc) is 3.09. The summed E-state index contributed by atoms with van der Waals surface area (Å²) in [4.78, 5) is 33.1. The molecule has 29 heavy (non-hydrogen) atoms. The van der Waals surface area contributed by atoms with E-state index in [0.29, 0.717) is 0 Å². The molecule has 1 aliphatic carbocycles. The number of piperidine rings is 2. The highest BCUT2D eigenvalue weighted by Gasteiger charge is 2.74. The lowest BCUT2D eigenvalue weighted by Crippen LogP contribution is -2.75. The highest BCUT2D eigenvalue weighted by molar-refractivity contribution is 6.11. The summed E-state index contributed by atoms with van der Waals surface area (Å²) in [5.41, 5.74) is 2.65. The summed E-state index contributed by atoms with van der Waals surface area (Å²) in [6.45, 7) is 5.13. The van der Waals surface area contributed by atoms with E-state index in [4.69, 9.17) is 14.5 Å². The molecule has 0 aromatic heterocycles. The maximum atomic E-state index is 13.7. The zero-order valence-corrected chi connectivity index (χ0v) is 17.1. The fraction of sp³-hybridized carbons (Fsp3) is 0.522. The van der Waals surface area contributed by atoms with E-state index in [1.807, 2.05) is 25.1 Å². The van der Waals surface area contributed by atoms with Crippen LogP contribution in [0, 0.1) is 11.3 Å². The minimum Gasteiger partial charge on any atom is -0.468 e. The second-order valence-corrected chi connectivity index (χ2v) is 8.55. The molecule has 4 aliphatic rings. The number of ether oxygens (including phenoxy) is 2. The number of aliphatic imine (C=N–C) groups is 1. The van der Waals surface area contributed by atoms with Crippen LogP contribution in [0.1, 0.15) is 32.3 Å². The van der Waals surface area contributed by atoms with Gasteiger partial charge >= 0.3 is 11.9 Å². The molecule has 2 saturated heterocycles. The molecule has 5 rings (SSSR count). The van der Waals surface area contributed by atoms with Crippen molar-refractivity contribution in [3.63, 3.8) is 0 Å². The van der Waals surface area contributed by atoms with Gasteiger partial charge in [0, 0.05) is 31.6 Å². The number of para-hydroxylation sites is 1. The molecule has 3 heterocycles. The molecule has 3 aliphatic heterocycles. The van der Waals surface area contributed by atoms with E-state index in [9.17, 15) is 9.59 Å². The molecule has 152 valence electrons. The van der Waals surface area contributed by atoms with Crippen molar-refractivity contribution in [1.82, 2.24) is 4.90 Å². The van der Waals surface area contributed by atoms with E-state index in [2.05, 4.69) is 17.0 Å². The predicted octanol–water partition coefficient (Wildman–Crippen LogP) is 2.79. The third-order valence-corrected chi connectivity index (χ3v) is 7.64. The van der Waals surface area contributed by atoms with Crippen molar-refractivity contribution < 1.29 is 19.1 Å².